The average molecular weight is 316 g/mol. The van der Waals surface area contributed by atoms with Gasteiger partial charge in [0.05, 0.1) is 0 Å². The molecule has 1 fully saturated rings. The third-order valence-electron chi connectivity index (χ3n) is 4.57. The minimum atomic E-state index is -0.810. The van der Waals surface area contributed by atoms with Gasteiger partial charge in [0.15, 0.2) is 0 Å². The molecule has 1 saturated carbocycles. The van der Waals surface area contributed by atoms with E-state index in [-0.39, 0.29) is 30.1 Å². The number of anilines is 2. The van der Waals surface area contributed by atoms with Gasteiger partial charge in [0.1, 0.15) is 0 Å². The Hall–Kier alpha value is -2.37. The van der Waals surface area contributed by atoms with Crippen LogP contribution in [0.15, 0.2) is 18.2 Å². The predicted octanol–water partition coefficient (Wildman–Crippen LogP) is 2.40. The largest absolute Gasteiger partial charge is 0.481 e. The van der Waals surface area contributed by atoms with E-state index in [1.165, 1.54) is 0 Å². The van der Waals surface area contributed by atoms with Crippen molar-refractivity contribution in [3.8, 4) is 0 Å². The van der Waals surface area contributed by atoms with E-state index < -0.39 is 5.97 Å². The number of hydrogen-bond acceptors (Lipinski definition) is 3. The van der Waals surface area contributed by atoms with Gasteiger partial charge in [0.25, 0.3) is 0 Å². The fourth-order valence-electron chi connectivity index (χ4n) is 3.25. The van der Waals surface area contributed by atoms with Crippen molar-refractivity contribution in [3.05, 3.63) is 23.8 Å². The van der Waals surface area contributed by atoms with Crippen molar-refractivity contribution in [2.45, 2.75) is 38.5 Å². The highest BCUT2D eigenvalue weighted by Gasteiger charge is 2.35. The van der Waals surface area contributed by atoms with E-state index in [2.05, 4.69) is 10.6 Å². The number of benzene rings is 1. The molecule has 1 aliphatic heterocycles. The van der Waals surface area contributed by atoms with Gasteiger partial charge < -0.3 is 15.7 Å². The molecule has 0 unspecified atom stereocenters. The fourth-order valence-corrected chi connectivity index (χ4v) is 3.25. The SMILES string of the molecule is O=C(O)CC1CC(C(=O)Nc2ccc3c(c2)NC(=O)CCC3)C1. The first kappa shape index (κ1) is 15.5. The Kier molecular flexibility index (Phi) is 4.32. The highest BCUT2D eigenvalue weighted by Crippen LogP contribution is 2.37. The van der Waals surface area contributed by atoms with Crippen LogP contribution < -0.4 is 10.6 Å². The minimum Gasteiger partial charge on any atom is -0.481 e. The van der Waals surface area contributed by atoms with Crippen molar-refractivity contribution in [3.63, 3.8) is 0 Å². The van der Waals surface area contributed by atoms with Gasteiger partial charge in [-0.25, -0.2) is 0 Å². The Labute approximate surface area is 134 Å². The maximum Gasteiger partial charge on any atom is 0.303 e. The molecule has 6 heteroatoms. The van der Waals surface area contributed by atoms with Gasteiger partial charge in [0.2, 0.25) is 11.8 Å². The Balaban J connectivity index is 1.59. The summed E-state index contributed by atoms with van der Waals surface area (Å²) in [5.41, 5.74) is 2.51. The number of fused-ring (bicyclic) bond motifs is 1. The molecule has 0 saturated heterocycles. The molecular formula is C17H20N2O4. The molecule has 2 aliphatic rings. The van der Waals surface area contributed by atoms with Crippen LogP contribution in [0.4, 0.5) is 11.4 Å². The van der Waals surface area contributed by atoms with Crippen LogP contribution in [0, 0.1) is 11.8 Å². The molecule has 3 rings (SSSR count). The lowest BCUT2D eigenvalue weighted by atomic mass is 9.73. The lowest BCUT2D eigenvalue weighted by molar-refractivity contribution is -0.140. The molecule has 6 nitrogen and oxygen atoms in total. The van der Waals surface area contributed by atoms with Gasteiger partial charge in [-0.1, -0.05) is 6.07 Å². The van der Waals surface area contributed by atoms with Crippen molar-refractivity contribution in [2.24, 2.45) is 11.8 Å². The molecule has 0 atom stereocenters. The zero-order chi connectivity index (χ0) is 16.4. The van der Waals surface area contributed by atoms with Crippen LogP contribution in [-0.2, 0) is 20.8 Å². The summed E-state index contributed by atoms with van der Waals surface area (Å²) in [6, 6.07) is 5.58. The summed E-state index contributed by atoms with van der Waals surface area (Å²) < 4.78 is 0. The van der Waals surface area contributed by atoms with Crippen LogP contribution in [-0.4, -0.2) is 22.9 Å². The number of amides is 2. The van der Waals surface area contributed by atoms with Gasteiger partial charge >= 0.3 is 5.97 Å². The number of carboxylic acids is 1. The van der Waals surface area contributed by atoms with Crippen molar-refractivity contribution in [2.75, 3.05) is 10.6 Å². The van der Waals surface area contributed by atoms with Crippen LogP contribution in [0.1, 0.15) is 37.7 Å². The van der Waals surface area contributed by atoms with Crippen LogP contribution in [0.25, 0.3) is 0 Å². The Morgan fingerprint density at radius 2 is 2.04 bits per heavy atom. The molecule has 1 aromatic rings. The van der Waals surface area contributed by atoms with Crippen LogP contribution >= 0.6 is 0 Å². The molecular weight excluding hydrogens is 296 g/mol. The van der Waals surface area contributed by atoms with Crippen molar-refractivity contribution >= 4 is 29.2 Å². The highest BCUT2D eigenvalue weighted by atomic mass is 16.4. The molecule has 0 radical (unpaired) electrons. The molecule has 0 aromatic heterocycles. The highest BCUT2D eigenvalue weighted by molar-refractivity contribution is 5.96. The lowest BCUT2D eigenvalue weighted by Crippen LogP contribution is -2.35. The zero-order valence-corrected chi connectivity index (χ0v) is 12.8. The number of rotatable bonds is 4. The molecule has 1 heterocycles. The summed E-state index contributed by atoms with van der Waals surface area (Å²) in [4.78, 5) is 34.4. The monoisotopic (exact) mass is 316 g/mol. The van der Waals surface area contributed by atoms with Crippen LogP contribution in [0.3, 0.4) is 0 Å². The maximum absolute atomic E-state index is 12.2. The second kappa shape index (κ2) is 6.40. The van der Waals surface area contributed by atoms with Gasteiger partial charge in [-0.3, -0.25) is 14.4 Å². The minimum absolute atomic E-state index is 0.00253. The molecule has 0 bridgehead atoms. The second-order valence-electron chi connectivity index (χ2n) is 6.40. The molecule has 2 amide bonds. The molecule has 3 N–H and O–H groups in total. The quantitative estimate of drug-likeness (QED) is 0.795. The summed E-state index contributed by atoms with van der Waals surface area (Å²) in [6.45, 7) is 0. The van der Waals surface area contributed by atoms with E-state index in [9.17, 15) is 14.4 Å². The number of nitrogens with one attached hydrogen (secondary N) is 2. The summed E-state index contributed by atoms with van der Waals surface area (Å²) >= 11 is 0. The first-order chi connectivity index (χ1) is 11.0. The Morgan fingerprint density at radius 1 is 1.26 bits per heavy atom. The third kappa shape index (κ3) is 3.70. The number of aliphatic carboxylic acids is 1. The zero-order valence-electron chi connectivity index (χ0n) is 12.8. The smallest absolute Gasteiger partial charge is 0.303 e. The summed E-state index contributed by atoms with van der Waals surface area (Å²) in [5.74, 6) is -0.896. The molecule has 0 spiro atoms. The topological polar surface area (TPSA) is 95.5 Å². The number of hydrogen-bond donors (Lipinski definition) is 3. The van der Waals surface area contributed by atoms with E-state index >= 15 is 0 Å². The Morgan fingerprint density at radius 3 is 2.78 bits per heavy atom. The van der Waals surface area contributed by atoms with E-state index in [4.69, 9.17) is 5.11 Å². The molecule has 1 aromatic carbocycles. The fraction of sp³-hybridized carbons (Fsp3) is 0.471. The number of aryl methyl sites for hydroxylation is 1. The summed E-state index contributed by atoms with van der Waals surface area (Å²) in [6.07, 6.45) is 3.58. The van der Waals surface area contributed by atoms with Crippen molar-refractivity contribution in [1.82, 2.24) is 0 Å². The molecule has 23 heavy (non-hydrogen) atoms. The molecule has 1 aliphatic carbocycles. The average Bonchev–Trinajstić information content (AvgIpc) is 2.62. The first-order valence-corrected chi connectivity index (χ1v) is 7.96. The number of carboxylic acid groups (broad SMARTS) is 1. The van der Waals surface area contributed by atoms with E-state index in [0.29, 0.717) is 24.9 Å². The van der Waals surface area contributed by atoms with Gasteiger partial charge in [-0.2, -0.15) is 0 Å². The van der Waals surface area contributed by atoms with Crippen molar-refractivity contribution in [1.29, 1.82) is 0 Å². The van der Waals surface area contributed by atoms with E-state index in [1.807, 2.05) is 12.1 Å². The predicted molar refractivity (Wildman–Crippen MR) is 85.1 cm³/mol. The normalized spacial score (nSPS) is 23.0. The standard InChI is InChI=1S/C17H20N2O4/c20-15-3-1-2-11-4-5-13(9-14(11)19-15)18-17(23)12-6-10(7-12)8-16(21)22/h4-5,9-10,12H,1-3,6-8H2,(H,18,23)(H,19,20)(H,21,22). The first-order valence-electron chi connectivity index (χ1n) is 7.96. The lowest BCUT2D eigenvalue weighted by Gasteiger charge is -2.33. The third-order valence-corrected chi connectivity index (χ3v) is 4.57. The van der Waals surface area contributed by atoms with Crippen LogP contribution in [0.2, 0.25) is 0 Å². The summed E-state index contributed by atoms with van der Waals surface area (Å²) in [7, 11) is 0. The Bertz CT molecular complexity index is 650. The number of carbonyl (C=O) groups is 3. The molecule has 122 valence electrons. The van der Waals surface area contributed by atoms with Crippen LogP contribution in [0.5, 0.6) is 0 Å². The van der Waals surface area contributed by atoms with Crippen molar-refractivity contribution < 1.29 is 19.5 Å². The van der Waals surface area contributed by atoms with Gasteiger partial charge in [-0.15, -0.1) is 0 Å². The van der Waals surface area contributed by atoms with E-state index in [1.54, 1.807) is 6.07 Å². The second-order valence-corrected chi connectivity index (χ2v) is 6.40. The van der Waals surface area contributed by atoms with E-state index in [0.717, 1.165) is 24.1 Å². The van der Waals surface area contributed by atoms with Gasteiger partial charge in [-0.05, 0) is 49.3 Å². The van der Waals surface area contributed by atoms with Gasteiger partial charge in [0, 0.05) is 30.1 Å². The summed E-state index contributed by atoms with van der Waals surface area (Å²) in [5, 5.41) is 14.5. The number of carbonyl (C=O) groups excluding carboxylic acids is 2. The maximum atomic E-state index is 12.2.